The molecule has 0 saturated heterocycles. The van der Waals surface area contributed by atoms with Crippen LogP contribution in [-0.2, 0) is 6.42 Å². The van der Waals surface area contributed by atoms with Crippen molar-refractivity contribution in [3.63, 3.8) is 0 Å². The second kappa shape index (κ2) is 8.95. The molecule has 5 nitrogen and oxygen atoms in total. The van der Waals surface area contributed by atoms with Crippen molar-refractivity contribution in [3.8, 4) is 5.75 Å². The molecule has 2 rings (SSSR count). The summed E-state index contributed by atoms with van der Waals surface area (Å²) in [5, 5.41) is 5.89. The Morgan fingerprint density at radius 1 is 1.17 bits per heavy atom. The predicted molar refractivity (Wildman–Crippen MR) is 86.2 cm³/mol. The number of carbonyl (C=O) groups excluding carboxylic acids is 1. The second-order valence-electron chi connectivity index (χ2n) is 4.75. The van der Waals surface area contributed by atoms with Crippen LogP contribution in [0.5, 0.6) is 5.75 Å². The van der Waals surface area contributed by atoms with Crippen LogP contribution >= 0.6 is 11.6 Å². The van der Waals surface area contributed by atoms with Crippen LogP contribution in [0.2, 0.25) is 5.02 Å². The van der Waals surface area contributed by atoms with Gasteiger partial charge < -0.3 is 15.4 Å². The third-order valence-corrected chi connectivity index (χ3v) is 3.16. The summed E-state index contributed by atoms with van der Waals surface area (Å²) in [4.78, 5) is 15.5. The number of hydrogen-bond acceptors (Lipinski definition) is 3. The monoisotopic (exact) mass is 337 g/mol. The van der Waals surface area contributed by atoms with E-state index in [0.717, 1.165) is 5.56 Å². The largest absolute Gasteiger partial charge is 0.490 e. The third kappa shape index (κ3) is 6.52. The number of aromatic nitrogens is 1. The molecule has 0 aliphatic heterocycles. The number of hydrogen-bond donors (Lipinski definition) is 2. The fourth-order valence-corrected chi connectivity index (χ4v) is 2.00. The van der Waals surface area contributed by atoms with Crippen LogP contribution in [0.15, 0.2) is 42.7 Å². The summed E-state index contributed by atoms with van der Waals surface area (Å²) < 4.78 is 18.1. The zero-order valence-electron chi connectivity index (χ0n) is 12.4. The summed E-state index contributed by atoms with van der Waals surface area (Å²) >= 11 is 5.78. The molecule has 2 N–H and O–H groups in total. The quantitative estimate of drug-likeness (QED) is 0.764. The molecular formula is C16H17ClFN3O2. The lowest BCUT2D eigenvalue weighted by Gasteiger charge is -2.09. The third-order valence-electron chi connectivity index (χ3n) is 2.95. The van der Waals surface area contributed by atoms with E-state index in [-0.39, 0.29) is 11.8 Å². The maximum atomic E-state index is 12.8. The Balaban J connectivity index is 1.57. The second-order valence-corrected chi connectivity index (χ2v) is 5.18. The Morgan fingerprint density at radius 2 is 1.91 bits per heavy atom. The van der Waals surface area contributed by atoms with E-state index in [2.05, 4.69) is 15.6 Å². The van der Waals surface area contributed by atoms with Gasteiger partial charge in [0.05, 0.1) is 17.8 Å². The number of carbonyl (C=O) groups is 1. The SMILES string of the molecule is O=C(NCCOc1cncc(Cl)c1)NCCc1ccc(F)cc1. The van der Waals surface area contributed by atoms with Gasteiger partial charge in [0.25, 0.3) is 0 Å². The minimum absolute atomic E-state index is 0.269. The first-order valence-corrected chi connectivity index (χ1v) is 7.51. The Kier molecular flexibility index (Phi) is 6.62. The highest BCUT2D eigenvalue weighted by atomic mass is 35.5. The van der Waals surface area contributed by atoms with Crippen LogP contribution in [0.4, 0.5) is 9.18 Å². The number of nitrogens with zero attached hydrogens (tertiary/aromatic N) is 1. The van der Waals surface area contributed by atoms with Crippen LogP contribution in [0.1, 0.15) is 5.56 Å². The van der Waals surface area contributed by atoms with E-state index < -0.39 is 0 Å². The van der Waals surface area contributed by atoms with Crippen molar-refractivity contribution in [2.24, 2.45) is 0 Å². The van der Waals surface area contributed by atoms with E-state index in [4.69, 9.17) is 16.3 Å². The number of nitrogens with one attached hydrogen (secondary N) is 2. The number of pyridine rings is 1. The lowest BCUT2D eigenvalue weighted by atomic mass is 10.1. The van der Waals surface area contributed by atoms with Crippen molar-refractivity contribution in [1.82, 2.24) is 15.6 Å². The van der Waals surface area contributed by atoms with Crippen molar-refractivity contribution >= 4 is 17.6 Å². The molecule has 0 aliphatic rings. The fraction of sp³-hybridized carbons (Fsp3) is 0.250. The molecule has 1 aromatic heterocycles. The molecule has 0 fully saturated rings. The van der Waals surface area contributed by atoms with Crippen molar-refractivity contribution in [2.75, 3.05) is 19.7 Å². The maximum absolute atomic E-state index is 12.8. The normalized spacial score (nSPS) is 10.2. The fourth-order valence-electron chi connectivity index (χ4n) is 1.84. The van der Waals surface area contributed by atoms with Gasteiger partial charge in [0.15, 0.2) is 0 Å². The Labute approximate surface area is 138 Å². The summed E-state index contributed by atoms with van der Waals surface area (Å²) in [6.45, 7) is 1.14. The Hall–Kier alpha value is -2.34. The highest BCUT2D eigenvalue weighted by Crippen LogP contribution is 2.14. The van der Waals surface area contributed by atoms with Crippen molar-refractivity contribution in [2.45, 2.75) is 6.42 Å². The molecule has 122 valence electrons. The van der Waals surface area contributed by atoms with Crippen molar-refractivity contribution < 1.29 is 13.9 Å². The molecule has 0 saturated carbocycles. The Morgan fingerprint density at radius 3 is 2.65 bits per heavy atom. The number of benzene rings is 1. The lowest BCUT2D eigenvalue weighted by molar-refractivity contribution is 0.236. The van der Waals surface area contributed by atoms with E-state index in [0.29, 0.717) is 36.9 Å². The minimum Gasteiger partial charge on any atom is -0.490 e. The first-order chi connectivity index (χ1) is 11.1. The van der Waals surface area contributed by atoms with E-state index in [1.165, 1.54) is 18.3 Å². The van der Waals surface area contributed by atoms with Gasteiger partial charge in [0.2, 0.25) is 0 Å². The van der Waals surface area contributed by atoms with Crippen LogP contribution < -0.4 is 15.4 Å². The summed E-state index contributed by atoms with van der Waals surface area (Å²) in [6.07, 6.45) is 3.70. The van der Waals surface area contributed by atoms with E-state index >= 15 is 0 Å². The molecule has 23 heavy (non-hydrogen) atoms. The van der Waals surface area contributed by atoms with E-state index in [1.54, 1.807) is 24.4 Å². The number of halogens is 2. The van der Waals surface area contributed by atoms with Gasteiger partial charge in [-0.3, -0.25) is 4.98 Å². The summed E-state index contributed by atoms with van der Waals surface area (Å²) in [5.41, 5.74) is 0.962. The first-order valence-electron chi connectivity index (χ1n) is 7.13. The molecule has 7 heteroatoms. The van der Waals surface area contributed by atoms with Gasteiger partial charge in [-0.25, -0.2) is 9.18 Å². The molecule has 0 bridgehead atoms. The van der Waals surface area contributed by atoms with Gasteiger partial charge in [0.1, 0.15) is 18.2 Å². The maximum Gasteiger partial charge on any atom is 0.314 e. The van der Waals surface area contributed by atoms with Crippen LogP contribution in [0.3, 0.4) is 0 Å². The molecule has 0 aliphatic carbocycles. The van der Waals surface area contributed by atoms with Crippen LogP contribution in [0, 0.1) is 5.82 Å². The van der Waals surface area contributed by atoms with Crippen molar-refractivity contribution in [3.05, 3.63) is 59.1 Å². The zero-order valence-corrected chi connectivity index (χ0v) is 13.1. The summed E-state index contributed by atoms with van der Waals surface area (Å²) in [6, 6.07) is 7.57. The molecule has 0 unspecified atom stereocenters. The molecule has 2 aromatic rings. The molecule has 0 spiro atoms. The predicted octanol–water partition coefficient (Wildman–Crippen LogP) is 2.79. The minimum atomic E-state index is -0.278. The van der Waals surface area contributed by atoms with E-state index in [9.17, 15) is 9.18 Å². The number of amides is 2. The van der Waals surface area contributed by atoms with Gasteiger partial charge in [-0.15, -0.1) is 0 Å². The molecule has 0 radical (unpaired) electrons. The standard InChI is InChI=1S/C16H17ClFN3O2/c17-13-9-15(11-19-10-13)23-8-7-21-16(22)20-6-5-12-1-3-14(18)4-2-12/h1-4,9-11H,5-8H2,(H2,20,21,22). The average Bonchev–Trinajstić information content (AvgIpc) is 2.54. The Bertz CT molecular complexity index is 637. The van der Waals surface area contributed by atoms with Gasteiger partial charge in [0, 0.05) is 18.8 Å². The van der Waals surface area contributed by atoms with Gasteiger partial charge in [-0.2, -0.15) is 0 Å². The lowest BCUT2D eigenvalue weighted by Crippen LogP contribution is -2.38. The molecule has 2 amide bonds. The smallest absolute Gasteiger partial charge is 0.314 e. The highest BCUT2D eigenvalue weighted by Gasteiger charge is 2.01. The number of urea groups is 1. The van der Waals surface area contributed by atoms with E-state index in [1.807, 2.05) is 0 Å². The summed E-state index contributed by atoms with van der Waals surface area (Å²) in [7, 11) is 0. The number of rotatable bonds is 7. The van der Waals surface area contributed by atoms with Gasteiger partial charge >= 0.3 is 6.03 Å². The van der Waals surface area contributed by atoms with Crippen molar-refractivity contribution in [1.29, 1.82) is 0 Å². The highest BCUT2D eigenvalue weighted by molar-refractivity contribution is 6.30. The molecule has 0 atom stereocenters. The first kappa shape index (κ1) is 17.0. The molecule has 1 aromatic carbocycles. The molecule has 1 heterocycles. The van der Waals surface area contributed by atoms with Gasteiger partial charge in [-0.1, -0.05) is 23.7 Å². The van der Waals surface area contributed by atoms with Crippen LogP contribution in [0.25, 0.3) is 0 Å². The summed E-state index contributed by atoms with van der Waals surface area (Å²) in [5.74, 6) is 0.283. The number of ether oxygens (including phenoxy) is 1. The zero-order chi connectivity index (χ0) is 16.5. The molecular weight excluding hydrogens is 321 g/mol. The topological polar surface area (TPSA) is 63.2 Å². The van der Waals surface area contributed by atoms with Crippen LogP contribution in [-0.4, -0.2) is 30.7 Å². The van der Waals surface area contributed by atoms with Gasteiger partial charge in [-0.05, 0) is 24.1 Å². The average molecular weight is 338 g/mol.